The highest BCUT2D eigenvalue weighted by molar-refractivity contribution is 7.90. The first-order valence-electron chi connectivity index (χ1n) is 7.44. The Morgan fingerprint density at radius 1 is 1.15 bits per heavy atom. The molecule has 2 heterocycles. The van der Waals surface area contributed by atoms with Crippen molar-refractivity contribution in [2.24, 2.45) is 0 Å². The van der Waals surface area contributed by atoms with Gasteiger partial charge in [-0.05, 0) is 30.3 Å². The van der Waals surface area contributed by atoms with Crippen LogP contribution >= 0.6 is 0 Å². The second-order valence-corrected chi connectivity index (χ2v) is 7.66. The first kappa shape index (κ1) is 18.6. The number of benzene rings is 1. The summed E-state index contributed by atoms with van der Waals surface area (Å²) in [6.07, 6.45) is -2.63. The topological polar surface area (TPSA) is 88.6 Å². The summed E-state index contributed by atoms with van der Waals surface area (Å²) in [6.45, 7) is 0. The molecule has 2 aromatic heterocycles. The first-order valence-corrected chi connectivity index (χ1v) is 9.33. The number of halogens is 3. The van der Waals surface area contributed by atoms with Gasteiger partial charge in [-0.1, -0.05) is 12.1 Å². The van der Waals surface area contributed by atoms with Crippen molar-refractivity contribution in [3.63, 3.8) is 0 Å². The van der Waals surface area contributed by atoms with Crippen molar-refractivity contribution < 1.29 is 21.6 Å². The van der Waals surface area contributed by atoms with Crippen molar-refractivity contribution in [3.05, 3.63) is 59.9 Å². The molecule has 0 amide bonds. The fourth-order valence-corrected chi connectivity index (χ4v) is 2.92. The zero-order valence-electron chi connectivity index (χ0n) is 13.8. The van der Waals surface area contributed by atoms with E-state index in [0.29, 0.717) is 5.56 Å². The van der Waals surface area contributed by atoms with E-state index in [4.69, 9.17) is 5.26 Å². The molecule has 0 aliphatic carbocycles. The third-order valence-electron chi connectivity index (χ3n) is 3.65. The molecular weight excluding hydrogens is 381 g/mol. The molecule has 0 N–H and O–H groups in total. The quantitative estimate of drug-likeness (QED) is 0.683. The first-order chi connectivity index (χ1) is 12.6. The monoisotopic (exact) mass is 392 g/mol. The summed E-state index contributed by atoms with van der Waals surface area (Å²) in [6, 6.07) is 11.3. The molecule has 138 valence electrons. The molecule has 0 radical (unpaired) electrons. The van der Waals surface area contributed by atoms with Crippen LogP contribution in [0.1, 0.15) is 11.3 Å². The van der Waals surface area contributed by atoms with Crippen LogP contribution < -0.4 is 0 Å². The lowest BCUT2D eigenvalue weighted by molar-refractivity contribution is -0.141. The van der Waals surface area contributed by atoms with E-state index in [1.165, 1.54) is 24.3 Å². The van der Waals surface area contributed by atoms with Crippen LogP contribution in [0.5, 0.6) is 0 Å². The third-order valence-corrected chi connectivity index (χ3v) is 4.75. The number of alkyl halides is 3. The molecule has 3 rings (SSSR count). The highest BCUT2D eigenvalue weighted by Gasteiger charge is 2.35. The van der Waals surface area contributed by atoms with Gasteiger partial charge in [-0.25, -0.2) is 18.1 Å². The van der Waals surface area contributed by atoms with Gasteiger partial charge < -0.3 is 0 Å². The molecule has 0 saturated carbocycles. The Bertz CT molecular complexity index is 1140. The molecule has 6 nitrogen and oxygen atoms in total. The van der Waals surface area contributed by atoms with E-state index in [1.54, 1.807) is 12.1 Å². The maximum Gasteiger partial charge on any atom is 0.435 e. The van der Waals surface area contributed by atoms with E-state index in [0.717, 1.165) is 23.2 Å². The molecule has 0 spiro atoms. The molecule has 0 atom stereocenters. The molecule has 0 aliphatic rings. The highest BCUT2D eigenvalue weighted by Crippen LogP contribution is 2.33. The highest BCUT2D eigenvalue weighted by atomic mass is 32.2. The van der Waals surface area contributed by atoms with Gasteiger partial charge in [-0.3, -0.25) is 0 Å². The summed E-state index contributed by atoms with van der Waals surface area (Å²) in [7, 11) is -3.50. The largest absolute Gasteiger partial charge is 0.435 e. The molecule has 3 aromatic rings. The molecule has 0 aliphatic heterocycles. The van der Waals surface area contributed by atoms with Crippen LogP contribution in [0.4, 0.5) is 13.2 Å². The summed E-state index contributed by atoms with van der Waals surface area (Å²) in [5.41, 5.74) is -0.451. The minimum absolute atomic E-state index is 0.00950. The predicted molar refractivity (Wildman–Crippen MR) is 89.6 cm³/mol. The lowest BCUT2D eigenvalue weighted by Crippen LogP contribution is -2.08. The smallest absolute Gasteiger partial charge is 0.236 e. The van der Waals surface area contributed by atoms with Crippen molar-refractivity contribution in [1.82, 2.24) is 14.8 Å². The normalized spacial score (nSPS) is 12.0. The zero-order chi connectivity index (χ0) is 19.8. The Labute approximate surface area is 152 Å². The van der Waals surface area contributed by atoms with E-state index in [9.17, 15) is 21.6 Å². The van der Waals surface area contributed by atoms with Crippen LogP contribution in [-0.4, -0.2) is 29.4 Å². The molecule has 0 fully saturated rings. The van der Waals surface area contributed by atoms with E-state index in [-0.39, 0.29) is 22.0 Å². The standard InChI is InChI=1S/C17H11F3N4O2S/c1-27(25,26)13-5-6-16(22-10-13)24-14(8-15(23-24)17(18,19)20)12-4-2-3-11(7-12)9-21/h2-8,10H,1H3. The van der Waals surface area contributed by atoms with Crippen LogP contribution in [0.2, 0.25) is 0 Å². The van der Waals surface area contributed by atoms with Crippen LogP contribution in [0, 0.1) is 11.3 Å². The van der Waals surface area contributed by atoms with Gasteiger partial charge >= 0.3 is 6.18 Å². The van der Waals surface area contributed by atoms with Crippen LogP contribution in [-0.2, 0) is 16.0 Å². The maximum absolute atomic E-state index is 13.2. The fraction of sp³-hybridized carbons (Fsp3) is 0.118. The molecule has 0 bridgehead atoms. The Hall–Kier alpha value is -3.19. The summed E-state index contributed by atoms with van der Waals surface area (Å²) in [5, 5.41) is 12.6. The SMILES string of the molecule is CS(=O)(=O)c1ccc(-n2nc(C(F)(F)F)cc2-c2cccc(C#N)c2)nc1. The van der Waals surface area contributed by atoms with Crippen molar-refractivity contribution >= 4 is 9.84 Å². The fourth-order valence-electron chi connectivity index (χ4n) is 2.37. The van der Waals surface area contributed by atoms with Gasteiger partial charge in [0, 0.05) is 18.0 Å². The number of hydrogen-bond acceptors (Lipinski definition) is 5. The lowest BCUT2D eigenvalue weighted by atomic mass is 10.1. The number of nitriles is 1. The number of sulfone groups is 1. The van der Waals surface area contributed by atoms with E-state index in [1.807, 2.05) is 6.07 Å². The van der Waals surface area contributed by atoms with Gasteiger partial charge in [0.1, 0.15) is 0 Å². The number of aromatic nitrogens is 3. The Morgan fingerprint density at radius 2 is 1.89 bits per heavy atom. The van der Waals surface area contributed by atoms with Gasteiger partial charge in [0.15, 0.2) is 21.3 Å². The Kier molecular flexibility index (Phi) is 4.49. The van der Waals surface area contributed by atoms with Crippen LogP contribution in [0.25, 0.3) is 17.1 Å². The van der Waals surface area contributed by atoms with Gasteiger partial charge in [-0.15, -0.1) is 0 Å². The third kappa shape index (κ3) is 3.83. The molecule has 10 heteroatoms. The number of pyridine rings is 1. The lowest BCUT2D eigenvalue weighted by Gasteiger charge is -2.08. The minimum Gasteiger partial charge on any atom is -0.236 e. The van der Waals surface area contributed by atoms with Crippen LogP contribution in [0.3, 0.4) is 0 Å². The number of hydrogen-bond donors (Lipinski definition) is 0. The van der Waals surface area contributed by atoms with Crippen LogP contribution in [0.15, 0.2) is 53.6 Å². The Morgan fingerprint density at radius 3 is 2.44 bits per heavy atom. The van der Waals surface area contributed by atoms with Crippen molar-refractivity contribution in [3.8, 4) is 23.1 Å². The second kappa shape index (κ2) is 6.51. The summed E-state index contributed by atoms with van der Waals surface area (Å²) >= 11 is 0. The molecule has 0 saturated heterocycles. The molecule has 1 aromatic carbocycles. The molecule has 27 heavy (non-hydrogen) atoms. The van der Waals surface area contributed by atoms with Crippen molar-refractivity contribution in [2.45, 2.75) is 11.1 Å². The average molecular weight is 392 g/mol. The molecule has 0 unspecified atom stereocenters. The second-order valence-electron chi connectivity index (χ2n) is 5.64. The number of rotatable bonds is 3. The predicted octanol–water partition coefficient (Wildman–Crippen LogP) is 3.23. The zero-order valence-corrected chi connectivity index (χ0v) is 14.6. The van der Waals surface area contributed by atoms with Gasteiger partial charge in [0.2, 0.25) is 0 Å². The van der Waals surface area contributed by atoms with Crippen molar-refractivity contribution in [2.75, 3.05) is 6.26 Å². The van der Waals surface area contributed by atoms with E-state index in [2.05, 4.69) is 10.1 Å². The maximum atomic E-state index is 13.2. The van der Waals surface area contributed by atoms with Gasteiger partial charge in [0.05, 0.1) is 22.2 Å². The number of nitrogens with zero attached hydrogens (tertiary/aromatic N) is 4. The van der Waals surface area contributed by atoms with E-state index >= 15 is 0 Å². The summed E-state index contributed by atoms with van der Waals surface area (Å²) in [4.78, 5) is 3.86. The summed E-state index contributed by atoms with van der Waals surface area (Å²) < 4.78 is 63.5. The average Bonchev–Trinajstić information content (AvgIpc) is 3.07. The van der Waals surface area contributed by atoms with Gasteiger partial charge in [-0.2, -0.15) is 23.5 Å². The Balaban J connectivity index is 2.19. The summed E-state index contributed by atoms with van der Waals surface area (Å²) in [5.74, 6) is 0.00950. The van der Waals surface area contributed by atoms with Crippen molar-refractivity contribution in [1.29, 1.82) is 5.26 Å². The molecular formula is C17H11F3N4O2S. The minimum atomic E-state index is -4.68. The van der Waals surface area contributed by atoms with E-state index < -0.39 is 21.7 Å². The van der Waals surface area contributed by atoms with Gasteiger partial charge in [0.25, 0.3) is 0 Å².